The van der Waals surface area contributed by atoms with E-state index in [-0.39, 0.29) is 0 Å². The number of pyridine rings is 1. The van der Waals surface area contributed by atoms with E-state index >= 15 is 0 Å². The highest BCUT2D eigenvalue weighted by Gasteiger charge is 2.01. The van der Waals surface area contributed by atoms with Gasteiger partial charge in [0.2, 0.25) is 0 Å². The number of aryl methyl sites for hydroxylation is 3. The highest BCUT2D eigenvalue weighted by molar-refractivity contribution is 5.81. The zero-order valence-corrected chi connectivity index (χ0v) is 12.7. The van der Waals surface area contributed by atoms with Gasteiger partial charge in [0.1, 0.15) is 0 Å². The molecular weight excluding hydrogens is 254 g/mol. The third-order valence-electron chi connectivity index (χ3n) is 3.78. The number of benzene rings is 2. The van der Waals surface area contributed by atoms with Crippen LogP contribution in [-0.4, -0.2) is 4.98 Å². The maximum Gasteiger partial charge on any atom is 0.0709 e. The molecule has 1 heterocycles. The summed E-state index contributed by atoms with van der Waals surface area (Å²) in [6.07, 6.45) is 4.26. The molecule has 0 bridgehead atoms. The number of aromatic nitrogens is 1. The average Bonchev–Trinajstić information content (AvgIpc) is 2.46. The molecule has 104 valence electrons. The molecule has 0 fully saturated rings. The summed E-state index contributed by atoms with van der Waals surface area (Å²) in [6, 6.07) is 16.8. The molecule has 0 saturated heterocycles. The summed E-state index contributed by atoms with van der Waals surface area (Å²) in [5.74, 6) is 0. The van der Waals surface area contributed by atoms with Gasteiger partial charge >= 0.3 is 0 Å². The van der Waals surface area contributed by atoms with Crippen LogP contribution in [0.15, 0.2) is 48.5 Å². The van der Waals surface area contributed by atoms with Crippen LogP contribution in [0.25, 0.3) is 23.1 Å². The smallest absolute Gasteiger partial charge is 0.0709 e. The molecule has 1 heteroatoms. The van der Waals surface area contributed by atoms with E-state index in [1.165, 1.54) is 27.6 Å². The molecule has 0 atom stereocenters. The fourth-order valence-corrected chi connectivity index (χ4v) is 2.80. The predicted molar refractivity (Wildman–Crippen MR) is 91.3 cm³/mol. The number of hydrogen-bond donors (Lipinski definition) is 0. The van der Waals surface area contributed by atoms with Crippen molar-refractivity contribution in [3.05, 3.63) is 76.5 Å². The minimum absolute atomic E-state index is 0.994. The molecular formula is C20H19N. The standard InChI is InChI=1S/C20H19N/c1-14-12-15(2)19(16(3)13-14)11-10-18-9-8-17-6-4-5-7-20(17)21-18/h4-13H,1-3H3. The highest BCUT2D eigenvalue weighted by Crippen LogP contribution is 2.19. The van der Waals surface area contributed by atoms with Crippen LogP contribution in [0.4, 0.5) is 0 Å². The fraction of sp³-hybridized carbons (Fsp3) is 0.150. The second kappa shape index (κ2) is 5.53. The maximum atomic E-state index is 4.68. The van der Waals surface area contributed by atoms with E-state index in [9.17, 15) is 0 Å². The molecule has 21 heavy (non-hydrogen) atoms. The Labute approximate surface area is 126 Å². The van der Waals surface area contributed by atoms with Crippen molar-refractivity contribution in [1.29, 1.82) is 0 Å². The lowest BCUT2D eigenvalue weighted by Gasteiger charge is -2.07. The van der Waals surface area contributed by atoms with Crippen molar-refractivity contribution in [2.24, 2.45) is 0 Å². The van der Waals surface area contributed by atoms with Crippen LogP contribution >= 0.6 is 0 Å². The number of nitrogens with zero attached hydrogens (tertiary/aromatic N) is 1. The van der Waals surface area contributed by atoms with Gasteiger partial charge in [-0.3, -0.25) is 0 Å². The molecule has 3 aromatic rings. The molecule has 3 rings (SSSR count). The normalized spacial score (nSPS) is 11.4. The van der Waals surface area contributed by atoms with E-state index in [4.69, 9.17) is 0 Å². The maximum absolute atomic E-state index is 4.68. The van der Waals surface area contributed by atoms with E-state index in [2.05, 4.69) is 74.3 Å². The zero-order chi connectivity index (χ0) is 14.8. The predicted octanol–water partition coefficient (Wildman–Crippen LogP) is 5.33. The number of fused-ring (bicyclic) bond motifs is 1. The van der Waals surface area contributed by atoms with Crippen molar-refractivity contribution in [3.8, 4) is 0 Å². The molecule has 0 amide bonds. The summed E-state index contributed by atoms with van der Waals surface area (Å²) in [5.41, 5.74) is 7.25. The van der Waals surface area contributed by atoms with Gasteiger partial charge in [-0.1, -0.05) is 48.0 Å². The molecule has 0 spiro atoms. The van der Waals surface area contributed by atoms with Gasteiger partial charge < -0.3 is 0 Å². The molecule has 0 aliphatic rings. The minimum atomic E-state index is 0.994. The Morgan fingerprint density at radius 3 is 2.29 bits per heavy atom. The third-order valence-corrected chi connectivity index (χ3v) is 3.78. The van der Waals surface area contributed by atoms with Crippen molar-refractivity contribution in [3.63, 3.8) is 0 Å². The summed E-state index contributed by atoms with van der Waals surface area (Å²) in [6.45, 7) is 6.46. The number of para-hydroxylation sites is 1. The van der Waals surface area contributed by atoms with Crippen LogP contribution in [0.5, 0.6) is 0 Å². The van der Waals surface area contributed by atoms with E-state index in [0.29, 0.717) is 0 Å². The Morgan fingerprint density at radius 1 is 0.810 bits per heavy atom. The van der Waals surface area contributed by atoms with E-state index in [1.807, 2.05) is 12.1 Å². The van der Waals surface area contributed by atoms with Gasteiger partial charge in [0, 0.05) is 5.39 Å². The first kappa shape index (κ1) is 13.6. The summed E-state index contributed by atoms with van der Waals surface area (Å²) in [7, 11) is 0. The Hall–Kier alpha value is -2.41. The highest BCUT2D eigenvalue weighted by atomic mass is 14.7. The Bertz CT molecular complexity index is 805. The molecule has 1 nitrogen and oxygen atoms in total. The van der Waals surface area contributed by atoms with E-state index in [0.717, 1.165) is 11.2 Å². The van der Waals surface area contributed by atoms with Crippen molar-refractivity contribution < 1.29 is 0 Å². The minimum Gasteiger partial charge on any atom is -0.248 e. The molecule has 0 saturated carbocycles. The summed E-state index contributed by atoms with van der Waals surface area (Å²) >= 11 is 0. The number of hydrogen-bond acceptors (Lipinski definition) is 1. The van der Waals surface area contributed by atoms with Crippen LogP contribution in [0.2, 0.25) is 0 Å². The Morgan fingerprint density at radius 2 is 1.52 bits per heavy atom. The molecule has 2 aromatic carbocycles. The van der Waals surface area contributed by atoms with Crippen LogP contribution in [0, 0.1) is 20.8 Å². The van der Waals surface area contributed by atoms with E-state index in [1.54, 1.807) is 0 Å². The molecule has 0 N–H and O–H groups in total. The quantitative estimate of drug-likeness (QED) is 0.615. The van der Waals surface area contributed by atoms with E-state index < -0.39 is 0 Å². The van der Waals surface area contributed by atoms with Gasteiger partial charge in [-0.15, -0.1) is 0 Å². The second-order valence-corrected chi connectivity index (χ2v) is 5.57. The van der Waals surface area contributed by atoms with Gasteiger partial charge in [0.15, 0.2) is 0 Å². The number of rotatable bonds is 2. The van der Waals surface area contributed by atoms with Gasteiger partial charge in [0.05, 0.1) is 11.2 Å². The average molecular weight is 273 g/mol. The van der Waals surface area contributed by atoms with Crippen molar-refractivity contribution in [2.75, 3.05) is 0 Å². The fourth-order valence-electron chi connectivity index (χ4n) is 2.80. The lowest BCUT2D eigenvalue weighted by atomic mass is 9.99. The summed E-state index contributed by atoms with van der Waals surface area (Å²) in [5, 5.41) is 1.18. The first-order valence-electron chi connectivity index (χ1n) is 7.25. The van der Waals surface area contributed by atoms with Crippen LogP contribution in [0.1, 0.15) is 27.9 Å². The van der Waals surface area contributed by atoms with Crippen LogP contribution in [-0.2, 0) is 0 Å². The lowest BCUT2D eigenvalue weighted by Crippen LogP contribution is -1.89. The lowest BCUT2D eigenvalue weighted by molar-refractivity contribution is 1.30. The Balaban J connectivity index is 1.98. The molecule has 0 aliphatic carbocycles. The molecule has 0 unspecified atom stereocenters. The summed E-state index contributed by atoms with van der Waals surface area (Å²) < 4.78 is 0. The first-order chi connectivity index (χ1) is 10.1. The van der Waals surface area contributed by atoms with Gasteiger partial charge in [-0.05, 0) is 55.7 Å². The van der Waals surface area contributed by atoms with Crippen molar-refractivity contribution >= 4 is 23.1 Å². The molecule has 0 aliphatic heterocycles. The first-order valence-corrected chi connectivity index (χ1v) is 7.25. The zero-order valence-electron chi connectivity index (χ0n) is 12.7. The van der Waals surface area contributed by atoms with Crippen molar-refractivity contribution in [2.45, 2.75) is 20.8 Å². The second-order valence-electron chi connectivity index (χ2n) is 5.57. The summed E-state index contributed by atoms with van der Waals surface area (Å²) in [4.78, 5) is 4.68. The van der Waals surface area contributed by atoms with Gasteiger partial charge in [0.25, 0.3) is 0 Å². The Kier molecular flexibility index (Phi) is 3.57. The van der Waals surface area contributed by atoms with Crippen LogP contribution < -0.4 is 0 Å². The van der Waals surface area contributed by atoms with Gasteiger partial charge in [-0.2, -0.15) is 0 Å². The topological polar surface area (TPSA) is 12.9 Å². The molecule has 1 aromatic heterocycles. The SMILES string of the molecule is Cc1cc(C)c(C=Cc2ccc3ccccc3n2)c(C)c1. The molecule has 0 radical (unpaired) electrons. The largest absolute Gasteiger partial charge is 0.248 e. The monoisotopic (exact) mass is 273 g/mol. The van der Waals surface area contributed by atoms with Crippen molar-refractivity contribution in [1.82, 2.24) is 4.98 Å². The van der Waals surface area contributed by atoms with Crippen LogP contribution in [0.3, 0.4) is 0 Å². The third kappa shape index (κ3) is 2.87. The van der Waals surface area contributed by atoms with Gasteiger partial charge in [-0.25, -0.2) is 4.98 Å².